The van der Waals surface area contributed by atoms with E-state index >= 15 is 0 Å². The molecule has 2 rings (SSSR count). The first-order valence-electron chi connectivity index (χ1n) is 5.81. The molecule has 0 aliphatic rings. The van der Waals surface area contributed by atoms with E-state index in [0.29, 0.717) is 5.02 Å². The summed E-state index contributed by atoms with van der Waals surface area (Å²) in [6.45, 7) is 0. The third-order valence-corrected chi connectivity index (χ3v) is 3.21. The molecule has 108 valence electrons. The van der Waals surface area contributed by atoms with Crippen molar-refractivity contribution in [3.63, 3.8) is 0 Å². The molecule has 1 aromatic heterocycles. The molecule has 0 spiro atoms. The lowest BCUT2D eigenvalue weighted by molar-refractivity contribution is 0.0602. The van der Waals surface area contributed by atoms with Gasteiger partial charge >= 0.3 is 5.97 Å². The molecule has 0 unspecified atom stereocenters. The molecular weight excluding hydrogens is 315 g/mol. The molecule has 0 saturated heterocycles. The molecule has 1 N–H and O–H groups in total. The second-order valence-corrected chi connectivity index (χ2v) is 4.83. The van der Waals surface area contributed by atoms with Crippen molar-refractivity contribution < 1.29 is 14.3 Å². The highest BCUT2D eigenvalue weighted by Gasteiger charge is 2.17. The Morgan fingerprint density at radius 3 is 2.62 bits per heavy atom. The van der Waals surface area contributed by atoms with Gasteiger partial charge in [-0.3, -0.25) is 9.78 Å². The molecule has 2 aromatic rings. The Bertz CT molecular complexity index is 704. The van der Waals surface area contributed by atoms with E-state index < -0.39 is 11.9 Å². The molecule has 0 radical (unpaired) electrons. The van der Waals surface area contributed by atoms with Gasteiger partial charge in [0.15, 0.2) is 0 Å². The number of amides is 1. The van der Waals surface area contributed by atoms with Gasteiger partial charge in [-0.1, -0.05) is 23.2 Å². The second kappa shape index (κ2) is 6.56. The van der Waals surface area contributed by atoms with Crippen LogP contribution >= 0.6 is 23.2 Å². The molecular formula is C14H10Cl2N2O3. The van der Waals surface area contributed by atoms with Crippen LogP contribution in [0.5, 0.6) is 0 Å². The molecule has 0 saturated carbocycles. The number of nitrogens with one attached hydrogen (secondary N) is 1. The molecule has 0 atom stereocenters. The summed E-state index contributed by atoms with van der Waals surface area (Å²) in [5.41, 5.74) is 0.625. The molecule has 1 aromatic carbocycles. The summed E-state index contributed by atoms with van der Waals surface area (Å²) in [7, 11) is 1.24. The van der Waals surface area contributed by atoms with Gasteiger partial charge in [-0.25, -0.2) is 4.79 Å². The number of nitrogens with zero attached hydrogens (tertiary/aromatic N) is 1. The Morgan fingerprint density at radius 1 is 1.19 bits per heavy atom. The number of benzene rings is 1. The Hall–Kier alpha value is -2.11. The standard InChI is InChI=1S/C14H10Cl2N2O3/c1-21-14(20)9-6-8(15)2-3-12(9)18-13(19)10-7-17-5-4-11(10)16/h2-7H,1H3,(H,18,19). The van der Waals surface area contributed by atoms with Crippen LogP contribution < -0.4 is 5.32 Å². The average molecular weight is 325 g/mol. The lowest BCUT2D eigenvalue weighted by Crippen LogP contribution is -2.16. The summed E-state index contributed by atoms with van der Waals surface area (Å²) in [5, 5.41) is 3.20. The van der Waals surface area contributed by atoms with E-state index in [2.05, 4.69) is 15.0 Å². The lowest BCUT2D eigenvalue weighted by atomic mass is 10.1. The van der Waals surface area contributed by atoms with E-state index in [9.17, 15) is 9.59 Å². The first kappa shape index (κ1) is 15.3. The quantitative estimate of drug-likeness (QED) is 0.878. The number of anilines is 1. The van der Waals surface area contributed by atoms with Crippen LogP contribution in [0.3, 0.4) is 0 Å². The smallest absolute Gasteiger partial charge is 0.340 e. The SMILES string of the molecule is COC(=O)c1cc(Cl)ccc1NC(=O)c1cnccc1Cl. The van der Waals surface area contributed by atoms with Crippen molar-refractivity contribution in [2.75, 3.05) is 12.4 Å². The Kier molecular flexibility index (Phi) is 4.77. The van der Waals surface area contributed by atoms with Gasteiger partial charge in [-0.15, -0.1) is 0 Å². The minimum atomic E-state index is -0.606. The summed E-state index contributed by atoms with van der Waals surface area (Å²) >= 11 is 11.8. The van der Waals surface area contributed by atoms with Crippen LogP contribution in [-0.4, -0.2) is 24.0 Å². The summed E-state index contributed by atoms with van der Waals surface area (Å²) in [4.78, 5) is 27.7. The van der Waals surface area contributed by atoms with Crippen LogP contribution in [0, 0.1) is 0 Å². The highest BCUT2D eigenvalue weighted by molar-refractivity contribution is 6.34. The number of rotatable bonds is 3. The van der Waals surface area contributed by atoms with Gasteiger partial charge in [-0.05, 0) is 24.3 Å². The van der Waals surface area contributed by atoms with Crippen LogP contribution in [0.4, 0.5) is 5.69 Å². The van der Waals surface area contributed by atoms with Gasteiger partial charge in [0.25, 0.3) is 5.91 Å². The predicted molar refractivity (Wildman–Crippen MR) is 80.0 cm³/mol. The van der Waals surface area contributed by atoms with Crippen molar-refractivity contribution in [1.29, 1.82) is 0 Å². The van der Waals surface area contributed by atoms with Crippen molar-refractivity contribution in [2.24, 2.45) is 0 Å². The minimum Gasteiger partial charge on any atom is -0.465 e. The van der Waals surface area contributed by atoms with Crippen molar-refractivity contribution in [3.8, 4) is 0 Å². The van der Waals surface area contributed by atoms with Crippen LogP contribution in [0.1, 0.15) is 20.7 Å². The number of methoxy groups -OCH3 is 1. The van der Waals surface area contributed by atoms with Crippen LogP contribution in [0.25, 0.3) is 0 Å². The van der Waals surface area contributed by atoms with Gasteiger partial charge in [0.1, 0.15) is 0 Å². The van der Waals surface area contributed by atoms with Gasteiger partial charge in [0, 0.05) is 17.4 Å². The van der Waals surface area contributed by atoms with E-state index in [-0.39, 0.29) is 21.8 Å². The fourth-order valence-corrected chi connectivity index (χ4v) is 2.00. The zero-order chi connectivity index (χ0) is 15.4. The molecule has 0 aliphatic heterocycles. The molecule has 0 bridgehead atoms. The fraction of sp³-hybridized carbons (Fsp3) is 0.0714. The van der Waals surface area contributed by atoms with Crippen molar-refractivity contribution in [3.05, 3.63) is 57.8 Å². The maximum Gasteiger partial charge on any atom is 0.340 e. The van der Waals surface area contributed by atoms with E-state index in [1.165, 1.54) is 37.7 Å². The maximum absolute atomic E-state index is 12.2. The number of hydrogen-bond acceptors (Lipinski definition) is 4. The zero-order valence-electron chi connectivity index (χ0n) is 10.9. The number of aromatic nitrogens is 1. The topological polar surface area (TPSA) is 68.3 Å². The van der Waals surface area contributed by atoms with Crippen LogP contribution in [-0.2, 0) is 4.74 Å². The molecule has 21 heavy (non-hydrogen) atoms. The Balaban J connectivity index is 2.34. The van der Waals surface area contributed by atoms with E-state index in [4.69, 9.17) is 23.2 Å². The third kappa shape index (κ3) is 3.51. The summed E-state index contributed by atoms with van der Waals surface area (Å²) in [6, 6.07) is 5.97. The molecule has 7 heteroatoms. The van der Waals surface area contributed by atoms with E-state index in [0.717, 1.165) is 0 Å². The van der Waals surface area contributed by atoms with Gasteiger partial charge in [0.05, 0.1) is 28.9 Å². The first-order chi connectivity index (χ1) is 10.0. The number of esters is 1. The number of hydrogen-bond donors (Lipinski definition) is 1. The molecule has 0 fully saturated rings. The monoisotopic (exact) mass is 324 g/mol. The minimum absolute atomic E-state index is 0.151. The summed E-state index contributed by atoms with van der Waals surface area (Å²) in [5.74, 6) is -1.09. The van der Waals surface area contributed by atoms with Gasteiger partial charge < -0.3 is 10.1 Å². The van der Waals surface area contributed by atoms with Crippen LogP contribution in [0.2, 0.25) is 10.0 Å². The molecule has 5 nitrogen and oxygen atoms in total. The van der Waals surface area contributed by atoms with E-state index in [1.807, 2.05) is 0 Å². The van der Waals surface area contributed by atoms with Gasteiger partial charge in [0.2, 0.25) is 0 Å². The fourth-order valence-electron chi connectivity index (χ4n) is 1.64. The van der Waals surface area contributed by atoms with Gasteiger partial charge in [-0.2, -0.15) is 0 Å². The molecule has 0 aliphatic carbocycles. The highest BCUT2D eigenvalue weighted by atomic mass is 35.5. The number of pyridine rings is 1. The van der Waals surface area contributed by atoms with Crippen molar-refractivity contribution in [2.45, 2.75) is 0 Å². The lowest BCUT2D eigenvalue weighted by Gasteiger charge is -2.10. The number of carbonyl (C=O) groups is 2. The molecule has 1 heterocycles. The van der Waals surface area contributed by atoms with Crippen LogP contribution in [0.15, 0.2) is 36.7 Å². The molecule has 1 amide bonds. The summed E-state index contributed by atoms with van der Waals surface area (Å²) < 4.78 is 4.66. The van der Waals surface area contributed by atoms with Crippen molar-refractivity contribution >= 4 is 40.8 Å². The zero-order valence-corrected chi connectivity index (χ0v) is 12.4. The Morgan fingerprint density at radius 2 is 1.95 bits per heavy atom. The largest absolute Gasteiger partial charge is 0.465 e. The average Bonchev–Trinajstić information content (AvgIpc) is 2.48. The normalized spacial score (nSPS) is 10.0. The number of carbonyl (C=O) groups excluding carboxylic acids is 2. The number of ether oxygens (including phenoxy) is 1. The summed E-state index contributed by atoms with van der Waals surface area (Å²) in [6.07, 6.45) is 2.81. The second-order valence-electron chi connectivity index (χ2n) is 3.99. The third-order valence-electron chi connectivity index (χ3n) is 2.65. The number of halogens is 2. The van der Waals surface area contributed by atoms with Crippen molar-refractivity contribution in [1.82, 2.24) is 4.98 Å². The Labute approximate surface area is 130 Å². The highest BCUT2D eigenvalue weighted by Crippen LogP contribution is 2.23. The van der Waals surface area contributed by atoms with E-state index in [1.54, 1.807) is 6.07 Å². The first-order valence-corrected chi connectivity index (χ1v) is 6.57. The predicted octanol–water partition coefficient (Wildman–Crippen LogP) is 3.43. The maximum atomic E-state index is 12.2.